The first-order chi connectivity index (χ1) is 8.04. The molecule has 0 saturated heterocycles. The number of hydrogen-bond donors (Lipinski definition) is 1. The fraction of sp³-hybridized carbons (Fsp3) is 0.462. The predicted octanol–water partition coefficient (Wildman–Crippen LogP) is 2.21. The molecule has 1 aromatic rings. The van der Waals surface area contributed by atoms with Crippen LogP contribution in [0.5, 0.6) is 0 Å². The van der Waals surface area contributed by atoms with E-state index in [9.17, 15) is 4.79 Å². The van der Waals surface area contributed by atoms with E-state index in [4.69, 9.17) is 5.73 Å². The molecule has 0 aliphatic carbocycles. The summed E-state index contributed by atoms with van der Waals surface area (Å²) in [4.78, 5) is 10.9. The minimum atomic E-state index is -0.206. The highest BCUT2D eigenvalue weighted by molar-refractivity contribution is 7.99. The van der Waals surface area contributed by atoms with Crippen molar-refractivity contribution >= 4 is 17.7 Å². The van der Waals surface area contributed by atoms with Gasteiger partial charge < -0.3 is 10.5 Å². The summed E-state index contributed by atoms with van der Waals surface area (Å²) in [5.74, 6) is 0.870. The average molecular weight is 253 g/mol. The maximum Gasteiger partial charge on any atom is 0.315 e. The summed E-state index contributed by atoms with van der Waals surface area (Å²) in [6, 6.07) is 6.20. The monoisotopic (exact) mass is 253 g/mol. The molecule has 0 heterocycles. The van der Waals surface area contributed by atoms with Crippen LogP contribution < -0.4 is 5.73 Å². The first kappa shape index (κ1) is 14.1. The Kier molecular flexibility index (Phi) is 5.51. The Morgan fingerprint density at radius 1 is 1.41 bits per heavy atom. The van der Waals surface area contributed by atoms with Crippen molar-refractivity contribution in [2.75, 3.05) is 18.6 Å². The van der Waals surface area contributed by atoms with Crippen molar-refractivity contribution in [3.63, 3.8) is 0 Å². The molecule has 94 valence electrons. The van der Waals surface area contributed by atoms with Gasteiger partial charge in [-0.2, -0.15) is 0 Å². The molecule has 1 aromatic carbocycles. The zero-order valence-electron chi connectivity index (χ0n) is 10.5. The molecule has 0 aromatic heterocycles. The number of carbonyl (C=O) groups excluding carboxylic acids is 1. The van der Waals surface area contributed by atoms with Crippen molar-refractivity contribution in [3.8, 4) is 0 Å². The number of esters is 1. The molecule has 4 heteroatoms. The van der Waals surface area contributed by atoms with Crippen LogP contribution in [0.4, 0.5) is 0 Å². The van der Waals surface area contributed by atoms with Gasteiger partial charge in [-0.3, -0.25) is 4.79 Å². The highest BCUT2D eigenvalue weighted by Crippen LogP contribution is 2.19. The molecule has 0 fully saturated rings. The number of ether oxygens (including phenoxy) is 1. The molecule has 2 N–H and O–H groups in total. The van der Waals surface area contributed by atoms with Gasteiger partial charge in [0.15, 0.2) is 0 Å². The van der Waals surface area contributed by atoms with Crippen molar-refractivity contribution in [2.24, 2.45) is 5.73 Å². The predicted molar refractivity (Wildman–Crippen MR) is 72.2 cm³/mol. The third kappa shape index (κ3) is 4.40. The number of rotatable bonds is 5. The van der Waals surface area contributed by atoms with Gasteiger partial charge in [-0.15, -0.1) is 11.8 Å². The summed E-state index contributed by atoms with van der Waals surface area (Å²) in [6.45, 7) is 4.16. The highest BCUT2D eigenvalue weighted by Gasteiger charge is 2.08. The quantitative estimate of drug-likeness (QED) is 0.817. The van der Waals surface area contributed by atoms with Gasteiger partial charge >= 0.3 is 5.97 Å². The van der Waals surface area contributed by atoms with Crippen molar-refractivity contribution in [3.05, 3.63) is 34.9 Å². The maximum atomic E-state index is 10.9. The van der Waals surface area contributed by atoms with Crippen LogP contribution in [0.15, 0.2) is 18.2 Å². The standard InChI is InChI=1S/C13H19NO2S/c1-9-4-5-11(6-10(9)2)12(14)7-17-8-13(15)16-3/h4-6,12H,7-8,14H2,1-3H3. The summed E-state index contributed by atoms with van der Waals surface area (Å²) in [6.07, 6.45) is 0. The SMILES string of the molecule is COC(=O)CSCC(N)c1ccc(C)c(C)c1. The summed E-state index contributed by atoms with van der Waals surface area (Å²) in [7, 11) is 1.39. The van der Waals surface area contributed by atoms with Crippen molar-refractivity contribution in [1.82, 2.24) is 0 Å². The molecule has 1 rings (SSSR count). The zero-order chi connectivity index (χ0) is 12.8. The second-order valence-electron chi connectivity index (χ2n) is 4.04. The second-order valence-corrected chi connectivity index (χ2v) is 5.07. The van der Waals surface area contributed by atoms with E-state index in [1.807, 2.05) is 6.07 Å². The molecule has 3 nitrogen and oxygen atoms in total. The van der Waals surface area contributed by atoms with Crippen LogP contribution in [-0.4, -0.2) is 24.6 Å². The summed E-state index contributed by atoms with van der Waals surface area (Å²) in [5.41, 5.74) is 9.70. The first-order valence-corrected chi connectivity index (χ1v) is 6.67. The van der Waals surface area contributed by atoms with Crippen LogP contribution in [0.2, 0.25) is 0 Å². The Hall–Kier alpha value is -1.00. The lowest BCUT2D eigenvalue weighted by Gasteiger charge is -2.13. The molecule has 1 atom stereocenters. The largest absolute Gasteiger partial charge is 0.468 e. The van der Waals surface area contributed by atoms with E-state index < -0.39 is 0 Å². The van der Waals surface area contributed by atoms with Gasteiger partial charge in [-0.1, -0.05) is 18.2 Å². The molecule has 0 radical (unpaired) electrons. The number of thioether (sulfide) groups is 1. The summed E-state index contributed by atoms with van der Waals surface area (Å²) >= 11 is 1.50. The van der Waals surface area contributed by atoms with Gasteiger partial charge in [0.05, 0.1) is 12.9 Å². The number of aryl methyl sites for hydroxylation is 2. The van der Waals surface area contributed by atoms with E-state index in [1.54, 1.807) is 0 Å². The first-order valence-electron chi connectivity index (χ1n) is 5.52. The van der Waals surface area contributed by atoms with Crippen LogP contribution in [0.25, 0.3) is 0 Å². The number of benzene rings is 1. The van der Waals surface area contributed by atoms with Gasteiger partial charge in [-0.25, -0.2) is 0 Å². The second kappa shape index (κ2) is 6.67. The van der Waals surface area contributed by atoms with Gasteiger partial charge in [0.25, 0.3) is 0 Å². The van der Waals surface area contributed by atoms with Crippen molar-refractivity contribution in [1.29, 1.82) is 0 Å². The highest BCUT2D eigenvalue weighted by atomic mass is 32.2. The topological polar surface area (TPSA) is 52.3 Å². The lowest BCUT2D eigenvalue weighted by atomic mass is 10.0. The van der Waals surface area contributed by atoms with E-state index in [0.717, 1.165) is 11.3 Å². The molecule has 0 bridgehead atoms. The Bertz CT molecular complexity index is 393. The van der Waals surface area contributed by atoms with Crippen LogP contribution in [0.1, 0.15) is 22.7 Å². The third-order valence-electron chi connectivity index (χ3n) is 2.70. The fourth-order valence-electron chi connectivity index (χ4n) is 1.42. The molecular weight excluding hydrogens is 234 g/mol. The van der Waals surface area contributed by atoms with Crippen LogP contribution in [-0.2, 0) is 9.53 Å². The molecule has 1 unspecified atom stereocenters. The number of methoxy groups -OCH3 is 1. The minimum absolute atomic E-state index is 0.0380. The van der Waals surface area contributed by atoms with Crippen molar-refractivity contribution < 1.29 is 9.53 Å². The normalized spacial score (nSPS) is 12.2. The van der Waals surface area contributed by atoms with Gasteiger partial charge in [0.2, 0.25) is 0 Å². The Morgan fingerprint density at radius 2 is 2.12 bits per heavy atom. The fourth-order valence-corrected chi connectivity index (χ4v) is 2.27. The molecule has 0 saturated carbocycles. The number of carbonyl (C=O) groups is 1. The van der Waals surface area contributed by atoms with Crippen molar-refractivity contribution in [2.45, 2.75) is 19.9 Å². The molecule has 0 aliphatic heterocycles. The Balaban J connectivity index is 2.49. The maximum absolute atomic E-state index is 10.9. The van der Waals surface area contributed by atoms with E-state index in [1.165, 1.54) is 30.0 Å². The van der Waals surface area contributed by atoms with E-state index in [0.29, 0.717) is 5.75 Å². The van der Waals surface area contributed by atoms with Gasteiger partial charge in [0, 0.05) is 11.8 Å². The number of nitrogens with two attached hydrogens (primary N) is 1. The molecule has 17 heavy (non-hydrogen) atoms. The Labute approximate surface area is 107 Å². The molecular formula is C13H19NO2S. The minimum Gasteiger partial charge on any atom is -0.468 e. The number of hydrogen-bond acceptors (Lipinski definition) is 4. The smallest absolute Gasteiger partial charge is 0.315 e. The molecule has 0 amide bonds. The molecule has 0 spiro atoms. The Morgan fingerprint density at radius 3 is 2.71 bits per heavy atom. The molecule has 0 aliphatic rings. The van der Waals surface area contributed by atoms with E-state index >= 15 is 0 Å². The summed E-state index contributed by atoms with van der Waals surface area (Å²) in [5, 5.41) is 0. The third-order valence-corrected chi connectivity index (χ3v) is 3.74. The summed E-state index contributed by atoms with van der Waals surface area (Å²) < 4.78 is 4.57. The van der Waals surface area contributed by atoms with Gasteiger partial charge in [0.1, 0.15) is 0 Å². The lowest BCUT2D eigenvalue weighted by molar-refractivity contribution is -0.137. The van der Waals surface area contributed by atoms with E-state index in [-0.39, 0.29) is 12.0 Å². The van der Waals surface area contributed by atoms with Crippen LogP contribution >= 0.6 is 11.8 Å². The van der Waals surface area contributed by atoms with Crippen LogP contribution in [0, 0.1) is 13.8 Å². The van der Waals surface area contributed by atoms with Crippen LogP contribution in [0.3, 0.4) is 0 Å². The van der Waals surface area contributed by atoms with Gasteiger partial charge in [-0.05, 0) is 30.5 Å². The zero-order valence-corrected chi connectivity index (χ0v) is 11.3. The average Bonchev–Trinajstić information content (AvgIpc) is 2.32. The van der Waals surface area contributed by atoms with E-state index in [2.05, 4.69) is 30.7 Å². The lowest BCUT2D eigenvalue weighted by Crippen LogP contribution is -2.15.